The summed E-state index contributed by atoms with van der Waals surface area (Å²) in [6, 6.07) is 11.3. The maximum atomic E-state index is 12.9. The smallest absolute Gasteiger partial charge is 0.331 e. The molecule has 0 saturated heterocycles. The third-order valence-corrected chi connectivity index (χ3v) is 3.20. The number of methoxy groups -OCH3 is 1. The van der Waals surface area contributed by atoms with Gasteiger partial charge in [-0.1, -0.05) is 24.1 Å². The fourth-order valence-corrected chi connectivity index (χ4v) is 1.98. The molecule has 0 radical (unpaired) electrons. The van der Waals surface area contributed by atoms with Crippen molar-refractivity contribution in [3.05, 3.63) is 65.5 Å². The van der Waals surface area contributed by atoms with Gasteiger partial charge in [0, 0.05) is 6.08 Å². The Kier molecular flexibility index (Phi) is 6.61. The second-order valence-corrected chi connectivity index (χ2v) is 4.97. The molecule has 0 N–H and O–H groups in total. The lowest BCUT2D eigenvalue weighted by Gasteiger charge is -2.11. The Labute approximate surface area is 145 Å². The number of rotatable bonds is 7. The summed E-state index contributed by atoms with van der Waals surface area (Å²) in [6.45, 7) is 0.186. The van der Waals surface area contributed by atoms with Crippen molar-refractivity contribution in [1.29, 1.82) is 0 Å². The van der Waals surface area contributed by atoms with E-state index in [0.717, 1.165) is 11.1 Å². The summed E-state index contributed by atoms with van der Waals surface area (Å²) in [4.78, 5) is 11.4. The van der Waals surface area contributed by atoms with E-state index in [9.17, 15) is 9.18 Å². The van der Waals surface area contributed by atoms with Gasteiger partial charge in [0.1, 0.15) is 12.4 Å². The molecule has 4 nitrogen and oxygen atoms in total. The summed E-state index contributed by atoms with van der Waals surface area (Å²) in [5, 5.41) is 0. The van der Waals surface area contributed by atoms with Crippen LogP contribution in [0.2, 0.25) is 0 Å². The van der Waals surface area contributed by atoms with E-state index >= 15 is 0 Å². The van der Waals surface area contributed by atoms with Crippen LogP contribution in [0.5, 0.6) is 11.5 Å². The lowest BCUT2D eigenvalue weighted by Crippen LogP contribution is -2.00. The molecule has 0 aliphatic carbocycles. The first-order chi connectivity index (χ1) is 12.1. The van der Waals surface area contributed by atoms with E-state index < -0.39 is 5.97 Å². The molecule has 2 aromatic carbocycles. The van der Waals surface area contributed by atoms with Gasteiger partial charge in [-0.25, -0.2) is 9.18 Å². The number of hydrogen-bond donors (Lipinski definition) is 0. The van der Waals surface area contributed by atoms with Crippen LogP contribution in [0.25, 0.3) is 6.08 Å². The molecule has 25 heavy (non-hydrogen) atoms. The van der Waals surface area contributed by atoms with E-state index in [0.29, 0.717) is 11.5 Å². The van der Waals surface area contributed by atoms with Crippen LogP contribution in [0.4, 0.5) is 4.39 Å². The summed E-state index contributed by atoms with van der Waals surface area (Å²) < 4.78 is 28.7. The third kappa shape index (κ3) is 5.70. The lowest BCUT2D eigenvalue weighted by atomic mass is 10.2. The first-order valence-electron chi connectivity index (χ1n) is 7.46. The Bertz CT molecular complexity index is 788. The van der Waals surface area contributed by atoms with Crippen LogP contribution in [-0.4, -0.2) is 19.7 Å². The number of esters is 1. The monoisotopic (exact) mass is 340 g/mol. The van der Waals surface area contributed by atoms with Crippen molar-refractivity contribution in [2.45, 2.75) is 6.61 Å². The molecule has 0 aliphatic heterocycles. The van der Waals surface area contributed by atoms with Crippen LogP contribution in [0.3, 0.4) is 0 Å². The van der Waals surface area contributed by atoms with Crippen molar-refractivity contribution in [2.24, 2.45) is 0 Å². The standard InChI is InChI=1S/C20H17FO4/c1-3-12-24-20(22)11-7-15-6-10-18(23-2)19(13-15)25-14-16-4-8-17(21)9-5-16/h1,4-11,13H,12,14H2,2H3/b11-7+. The van der Waals surface area contributed by atoms with Gasteiger partial charge in [0.05, 0.1) is 7.11 Å². The predicted octanol–water partition coefficient (Wildman–Crippen LogP) is 3.60. The largest absolute Gasteiger partial charge is 0.493 e. The lowest BCUT2D eigenvalue weighted by molar-refractivity contribution is -0.136. The fraction of sp³-hybridized carbons (Fsp3) is 0.150. The zero-order valence-corrected chi connectivity index (χ0v) is 13.7. The fourth-order valence-electron chi connectivity index (χ4n) is 1.98. The van der Waals surface area contributed by atoms with E-state index in [1.165, 1.54) is 25.3 Å². The molecule has 0 aromatic heterocycles. The molecule has 128 valence electrons. The highest BCUT2D eigenvalue weighted by molar-refractivity contribution is 5.87. The molecule has 0 atom stereocenters. The third-order valence-electron chi connectivity index (χ3n) is 3.20. The Morgan fingerprint density at radius 2 is 1.96 bits per heavy atom. The summed E-state index contributed by atoms with van der Waals surface area (Å²) in [5.74, 6) is 2.45. The molecule has 2 rings (SSSR count). The SMILES string of the molecule is C#CCOC(=O)/C=C/c1ccc(OC)c(OCc2ccc(F)cc2)c1. The topological polar surface area (TPSA) is 44.8 Å². The maximum Gasteiger partial charge on any atom is 0.331 e. The van der Waals surface area contributed by atoms with Gasteiger partial charge in [0.2, 0.25) is 0 Å². The molecular formula is C20H17FO4. The minimum absolute atomic E-state index is 0.0716. The minimum Gasteiger partial charge on any atom is -0.493 e. The Morgan fingerprint density at radius 1 is 1.20 bits per heavy atom. The number of halogens is 1. The molecule has 0 bridgehead atoms. The molecule has 0 spiro atoms. The van der Waals surface area contributed by atoms with Gasteiger partial charge < -0.3 is 14.2 Å². The number of carbonyl (C=O) groups excluding carboxylic acids is 1. The summed E-state index contributed by atoms with van der Waals surface area (Å²) in [6.07, 6.45) is 7.89. The molecule has 0 heterocycles. The highest BCUT2D eigenvalue weighted by Gasteiger charge is 2.06. The molecule has 0 fully saturated rings. The Balaban J connectivity index is 2.08. The Morgan fingerprint density at radius 3 is 2.64 bits per heavy atom. The van der Waals surface area contributed by atoms with Crippen LogP contribution < -0.4 is 9.47 Å². The van der Waals surface area contributed by atoms with Gasteiger partial charge in [-0.05, 0) is 41.5 Å². The van der Waals surface area contributed by atoms with Crippen molar-refractivity contribution >= 4 is 12.0 Å². The van der Waals surface area contributed by atoms with E-state index in [2.05, 4.69) is 5.92 Å². The van der Waals surface area contributed by atoms with Crippen molar-refractivity contribution in [1.82, 2.24) is 0 Å². The molecular weight excluding hydrogens is 323 g/mol. The van der Waals surface area contributed by atoms with Gasteiger partial charge in [-0.2, -0.15) is 0 Å². The molecule has 0 aliphatic rings. The highest BCUT2D eigenvalue weighted by Crippen LogP contribution is 2.29. The first kappa shape index (κ1) is 18.1. The van der Waals surface area contributed by atoms with E-state index in [4.69, 9.17) is 20.6 Å². The summed E-state index contributed by atoms with van der Waals surface area (Å²) in [5.41, 5.74) is 1.55. The van der Waals surface area contributed by atoms with Gasteiger partial charge in [0.15, 0.2) is 18.1 Å². The second kappa shape index (κ2) is 9.14. The minimum atomic E-state index is -0.525. The number of ether oxygens (including phenoxy) is 3. The van der Waals surface area contributed by atoms with Crippen LogP contribution in [0.1, 0.15) is 11.1 Å². The van der Waals surface area contributed by atoms with Crippen molar-refractivity contribution < 1.29 is 23.4 Å². The molecule has 0 amide bonds. The van der Waals surface area contributed by atoms with Gasteiger partial charge in [-0.3, -0.25) is 0 Å². The van der Waals surface area contributed by atoms with E-state index in [1.54, 1.807) is 36.4 Å². The molecule has 0 saturated carbocycles. The van der Waals surface area contributed by atoms with Crippen molar-refractivity contribution in [2.75, 3.05) is 13.7 Å². The number of terminal acetylenes is 1. The highest BCUT2D eigenvalue weighted by atomic mass is 19.1. The van der Waals surface area contributed by atoms with Crippen LogP contribution in [0.15, 0.2) is 48.5 Å². The van der Waals surface area contributed by atoms with Gasteiger partial charge >= 0.3 is 5.97 Å². The van der Waals surface area contributed by atoms with Crippen LogP contribution >= 0.6 is 0 Å². The maximum absolute atomic E-state index is 12.9. The quantitative estimate of drug-likeness (QED) is 0.439. The first-order valence-corrected chi connectivity index (χ1v) is 7.46. The number of carbonyl (C=O) groups is 1. The van der Waals surface area contributed by atoms with E-state index in [-0.39, 0.29) is 19.0 Å². The van der Waals surface area contributed by atoms with Crippen molar-refractivity contribution in [3.8, 4) is 23.8 Å². The van der Waals surface area contributed by atoms with E-state index in [1.807, 2.05) is 0 Å². The van der Waals surface area contributed by atoms with Crippen LogP contribution in [-0.2, 0) is 16.1 Å². The van der Waals surface area contributed by atoms with Gasteiger partial charge in [-0.15, -0.1) is 6.42 Å². The second-order valence-electron chi connectivity index (χ2n) is 4.97. The molecule has 0 unspecified atom stereocenters. The molecule has 5 heteroatoms. The predicted molar refractivity (Wildman–Crippen MR) is 92.6 cm³/mol. The number of benzene rings is 2. The zero-order valence-electron chi connectivity index (χ0n) is 13.7. The number of hydrogen-bond acceptors (Lipinski definition) is 4. The zero-order chi connectivity index (χ0) is 18.1. The normalized spacial score (nSPS) is 10.3. The summed E-state index contributed by atoms with van der Waals surface area (Å²) in [7, 11) is 1.53. The van der Waals surface area contributed by atoms with Gasteiger partial charge in [0.25, 0.3) is 0 Å². The van der Waals surface area contributed by atoms with Crippen molar-refractivity contribution in [3.63, 3.8) is 0 Å². The average Bonchev–Trinajstić information content (AvgIpc) is 2.64. The molecule has 2 aromatic rings. The average molecular weight is 340 g/mol. The Hall–Kier alpha value is -3.26. The van der Waals surface area contributed by atoms with Crippen LogP contribution in [0, 0.1) is 18.2 Å². The summed E-state index contributed by atoms with van der Waals surface area (Å²) >= 11 is 0.